The molecule has 0 atom stereocenters. The molecule has 1 rings (SSSR count). The first-order chi connectivity index (χ1) is 7.55. The molecule has 0 saturated carbocycles. The number of sulfonamides is 1. The minimum Gasteiger partial charge on any atom is -0.342 e. The largest absolute Gasteiger partial charge is 0.342 e. The molecular weight excluding hydrogens is 228 g/mol. The number of hydrogen-bond donors (Lipinski definition) is 1. The van der Waals surface area contributed by atoms with Gasteiger partial charge in [-0.3, -0.25) is 4.79 Å². The summed E-state index contributed by atoms with van der Waals surface area (Å²) in [7, 11) is -3.26. The Morgan fingerprint density at radius 1 is 1.19 bits per heavy atom. The predicted octanol–water partition coefficient (Wildman–Crippen LogP) is 0.328. The summed E-state index contributed by atoms with van der Waals surface area (Å²) in [6, 6.07) is 0. The van der Waals surface area contributed by atoms with Crippen molar-refractivity contribution >= 4 is 15.9 Å². The molecular formula is C10H20N2O3S. The summed E-state index contributed by atoms with van der Waals surface area (Å²) in [5.74, 6) is -0.0979. The maximum atomic E-state index is 11.7. The molecule has 1 aliphatic rings. The Balaban J connectivity index is 2.39. The molecule has 1 aliphatic heterocycles. The highest BCUT2D eigenvalue weighted by Crippen LogP contribution is 2.09. The van der Waals surface area contributed by atoms with Gasteiger partial charge in [-0.25, -0.2) is 13.1 Å². The zero-order chi connectivity index (χ0) is 12.0. The van der Waals surface area contributed by atoms with Crippen LogP contribution in [0.2, 0.25) is 0 Å². The second-order valence-corrected chi connectivity index (χ2v) is 6.12. The van der Waals surface area contributed by atoms with Gasteiger partial charge < -0.3 is 4.90 Å². The number of likely N-dealkylation sites (tertiary alicyclic amines) is 1. The fourth-order valence-electron chi connectivity index (χ4n) is 1.71. The second kappa shape index (κ2) is 6.20. The van der Waals surface area contributed by atoms with Crippen LogP contribution in [0.4, 0.5) is 0 Å². The molecule has 0 spiro atoms. The average Bonchev–Trinajstić information content (AvgIpc) is 2.54. The van der Waals surface area contributed by atoms with Crippen molar-refractivity contribution in [2.75, 3.05) is 25.4 Å². The van der Waals surface area contributed by atoms with Crippen LogP contribution in [0, 0.1) is 0 Å². The predicted molar refractivity (Wildman–Crippen MR) is 62.5 cm³/mol. The van der Waals surface area contributed by atoms with E-state index in [-0.39, 0.29) is 18.2 Å². The van der Waals surface area contributed by atoms with Crippen molar-refractivity contribution in [2.45, 2.75) is 32.6 Å². The Labute approximate surface area is 97.2 Å². The van der Waals surface area contributed by atoms with Crippen LogP contribution >= 0.6 is 0 Å². The van der Waals surface area contributed by atoms with Gasteiger partial charge in [0.05, 0.1) is 12.3 Å². The van der Waals surface area contributed by atoms with Crippen LogP contribution in [0.25, 0.3) is 0 Å². The highest BCUT2D eigenvalue weighted by Gasteiger charge is 2.17. The average molecular weight is 248 g/mol. The van der Waals surface area contributed by atoms with E-state index in [9.17, 15) is 13.2 Å². The van der Waals surface area contributed by atoms with Gasteiger partial charge in [-0.2, -0.15) is 0 Å². The van der Waals surface area contributed by atoms with Gasteiger partial charge in [0.2, 0.25) is 15.9 Å². The van der Waals surface area contributed by atoms with Crippen LogP contribution in [0.5, 0.6) is 0 Å². The number of carbonyl (C=O) groups is 1. The Morgan fingerprint density at radius 3 is 2.25 bits per heavy atom. The van der Waals surface area contributed by atoms with Crippen molar-refractivity contribution in [1.29, 1.82) is 0 Å². The standard InChI is InChI=1S/C10H20N2O3S/c1-2-16(14,15)11-9-10(13)12-7-5-3-4-6-8-12/h11H,2-9H2,1H3. The molecule has 1 amide bonds. The smallest absolute Gasteiger partial charge is 0.237 e. The number of carbonyl (C=O) groups excluding carboxylic acids is 1. The van der Waals surface area contributed by atoms with Crippen LogP contribution in [0.3, 0.4) is 0 Å². The van der Waals surface area contributed by atoms with Crippen molar-refractivity contribution in [2.24, 2.45) is 0 Å². The fraction of sp³-hybridized carbons (Fsp3) is 0.900. The third kappa shape index (κ3) is 4.49. The molecule has 1 heterocycles. The summed E-state index contributed by atoms with van der Waals surface area (Å²) >= 11 is 0. The minimum absolute atomic E-state index is 0.0142. The van der Waals surface area contributed by atoms with Crippen LogP contribution in [0.1, 0.15) is 32.6 Å². The minimum atomic E-state index is -3.26. The molecule has 0 unspecified atom stereocenters. The quantitative estimate of drug-likeness (QED) is 0.779. The lowest BCUT2D eigenvalue weighted by Gasteiger charge is -2.20. The van der Waals surface area contributed by atoms with E-state index in [4.69, 9.17) is 0 Å². The molecule has 94 valence electrons. The molecule has 0 radical (unpaired) electrons. The van der Waals surface area contributed by atoms with E-state index in [0.717, 1.165) is 38.8 Å². The van der Waals surface area contributed by atoms with Gasteiger partial charge in [0, 0.05) is 13.1 Å². The van der Waals surface area contributed by atoms with E-state index in [1.54, 1.807) is 11.8 Å². The van der Waals surface area contributed by atoms with E-state index < -0.39 is 10.0 Å². The van der Waals surface area contributed by atoms with Crippen molar-refractivity contribution in [3.05, 3.63) is 0 Å². The molecule has 0 aromatic heterocycles. The highest BCUT2D eigenvalue weighted by atomic mass is 32.2. The summed E-state index contributed by atoms with van der Waals surface area (Å²) < 4.78 is 24.7. The first-order valence-electron chi connectivity index (χ1n) is 5.80. The third-order valence-corrected chi connectivity index (χ3v) is 4.13. The molecule has 0 aliphatic carbocycles. The van der Waals surface area contributed by atoms with Gasteiger partial charge in [-0.15, -0.1) is 0 Å². The van der Waals surface area contributed by atoms with Crippen molar-refractivity contribution in [1.82, 2.24) is 9.62 Å². The summed E-state index contributed by atoms with van der Waals surface area (Å²) in [6.07, 6.45) is 4.35. The number of amides is 1. The molecule has 0 bridgehead atoms. The summed E-state index contributed by atoms with van der Waals surface area (Å²) in [5.41, 5.74) is 0. The van der Waals surface area contributed by atoms with Crippen molar-refractivity contribution < 1.29 is 13.2 Å². The van der Waals surface area contributed by atoms with Crippen molar-refractivity contribution in [3.8, 4) is 0 Å². The fourth-order valence-corrected chi connectivity index (χ4v) is 2.25. The molecule has 0 aromatic carbocycles. The Kier molecular flexibility index (Phi) is 5.21. The van der Waals surface area contributed by atoms with Crippen LogP contribution in [-0.2, 0) is 14.8 Å². The Bertz CT molecular complexity index is 319. The monoisotopic (exact) mass is 248 g/mol. The Morgan fingerprint density at radius 2 is 1.75 bits per heavy atom. The van der Waals surface area contributed by atoms with Gasteiger partial charge in [-0.05, 0) is 19.8 Å². The van der Waals surface area contributed by atoms with Gasteiger partial charge >= 0.3 is 0 Å². The maximum absolute atomic E-state index is 11.7. The van der Waals surface area contributed by atoms with Gasteiger partial charge in [0.25, 0.3) is 0 Å². The number of nitrogens with zero attached hydrogens (tertiary/aromatic N) is 1. The molecule has 1 N–H and O–H groups in total. The lowest BCUT2D eigenvalue weighted by molar-refractivity contribution is -0.129. The zero-order valence-corrected chi connectivity index (χ0v) is 10.6. The zero-order valence-electron chi connectivity index (χ0n) is 9.74. The number of rotatable bonds is 4. The van der Waals surface area contributed by atoms with Crippen LogP contribution in [0.15, 0.2) is 0 Å². The van der Waals surface area contributed by atoms with Crippen molar-refractivity contribution in [3.63, 3.8) is 0 Å². The first-order valence-corrected chi connectivity index (χ1v) is 7.45. The van der Waals surface area contributed by atoms with E-state index in [2.05, 4.69) is 4.72 Å². The van der Waals surface area contributed by atoms with E-state index in [1.807, 2.05) is 0 Å². The molecule has 0 aromatic rings. The lowest BCUT2D eigenvalue weighted by Crippen LogP contribution is -2.41. The summed E-state index contributed by atoms with van der Waals surface area (Å²) in [6.45, 7) is 2.97. The van der Waals surface area contributed by atoms with E-state index in [0.29, 0.717) is 0 Å². The van der Waals surface area contributed by atoms with Gasteiger partial charge in [0.1, 0.15) is 0 Å². The molecule has 6 heteroatoms. The third-order valence-electron chi connectivity index (χ3n) is 2.78. The SMILES string of the molecule is CCS(=O)(=O)NCC(=O)N1CCCCCC1. The number of hydrogen-bond acceptors (Lipinski definition) is 3. The summed E-state index contributed by atoms with van der Waals surface area (Å²) in [5, 5.41) is 0. The number of nitrogens with one attached hydrogen (secondary N) is 1. The van der Waals surface area contributed by atoms with Crippen LogP contribution < -0.4 is 4.72 Å². The molecule has 5 nitrogen and oxygen atoms in total. The lowest BCUT2D eigenvalue weighted by atomic mass is 10.2. The normalized spacial score (nSPS) is 18.2. The molecule has 16 heavy (non-hydrogen) atoms. The highest BCUT2D eigenvalue weighted by molar-refractivity contribution is 7.89. The van der Waals surface area contributed by atoms with Crippen LogP contribution in [-0.4, -0.2) is 44.6 Å². The van der Waals surface area contributed by atoms with Gasteiger partial charge in [0.15, 0.2) is 0 Å². The van der Waals surface area contributed by atoms with E-state index in [1.165, 1.54) is 0 Å². The summed E-state index contributed by atoms with van der Waals surface area (Å²) in [4.78, 5) is 13.5. The molecule has 1 saturated heterocycles. The molecule has 1 fully saturated rings. The van der Waals surface area contributed by atoms with Gasteiger partial charge in [-0.1, -0.05) is 12.8 Å². The Hall–Kier alpha value is -0.620. The maximum Gasteiger partial charge on any atom is 0.237 e. The second-order valence-electron chi connectivity index (χ2n) is 4.02. The first kappa shape index (κ1) is 13.4. The van der Waals surface area contributed by atoms with E-state index >= 15 is 0 Å². The topological polar surface area (TPSA) is 66.5 Å².